The lowest BCUT2D eigenvalue weighted by molar-refractivity contribution is 0.102. The number of rotatable bonds is 3. The van der Waals surface area contributed by atoms with E-state index in [2.05, 4.69) is 5.32 Å². The molecule has 0 fully saturated rings. The van der Waals surface area contributed by atoms with E-state index in [9.17, 15) is 14.3 Å². The van der Waals surface area contributed by atoms with Gasteiger partial charge < -0.3 is 15.2 Å². The monoisotopic (exact) mass is 286 g/mol. The van der Waals surface area contributed by atoms with E-state index in [0.717, 1.165) is 6.07 Å². The van der Waals surface area contributed by atoms with Crippen molar-refractivity contribution in [2.45, 2.75) is 0 Å². The number of carbonyl (C=O) groups is 1. The molecule has 0 saturated heterocycles. The largest absolute Gasteiger partial charge is 0.507 e. The number of ether oxygens (including phenoxy) is 1. The van der Waals surface area contributed by atoms with Crippen LogP contribution in [0.1, 0.15) is 15.9 Å². The van der Waals surface area contributed by atoms with Crippen LogP contribution in [0.3, 0.4) is 0 Å². The highest BCUT2D eigenvalue weighted by Crippen LogP contribution is 2.29. The number of hydrogen-bond donors (Lipinski definition) is 2. The number of nitriles is 1. The van der Waals surface area contributed by atoms with E-state index < -0.39 is 23.0 Å². The molecule has 5 nitrogen and oxygen atoms in total. The van der Waals surface area contributed by atoms with Crippen LogP contribution in [0.15, 0.2) is 36.4 Å². The van der Waals surface area contributed by atoms with Crippen LogP contribution in [0.4, 0.5) is 10.1 Å². The average Bonchev–Trinajstić information content (AvgIpc) is 2.47. The molecule has 0 heterocycles. The van der Waals surface area contributed by atoms with Crippen LogP contribution < -0.4 is 10.1 Å². The molecule has 0 unspecified atom stereocenters. The van der Waals surface area contributed by atoms with Crippen molar-refractivity contribution in [3.05, 3.63) is 53.3 Å². The fraction of sp³-hybridized carbons (Fsp3) is 0.0667. The second kappa shape index (κ2) is 5.92. The lowest BCUT2D eigenvalue weighted by Crippen LogP contribution is -2.15. The molecule has 2 aromatic carbocycles. The van der Waals surface area contributed by atoms with E-state index in [1.807, 2.05) is 6.07 Å². The number of anilines is 1. The zero-order valence-corrected chi connectivity index (χ0v) is 11.1. The molecule has 1 amide bonds. The summed E-state index contributed by atoms with van der Waals surface area (Å²) in [5.74, 6) is -1.95. The second-order valence-corrected chi connectivity index (χ2v) is 4.08. The number of amides is 1. The molecule has 0 spiro atoms. The SMILES string of the molecule is COc1cccc(C#N)c1NC(=O)c1c(O)cccc1F. The van der Waals surface area contributed by atoms with Gasteiger partial charge in [0.1, 0.15) is 34.6 Å². The van der Waals surface area contributed by atoms with Crippen LogP contribution in [0.25, 0.3) is 0 Å². The predicted octanol–water partition coefficient (Wildman–Crippen LogP) is 2.66. The molecule has 0 aliphatic carbocycles. The Morgan fingerprint density at radius 1 is 1.33 bits per heavy atom. The summed E-state index contributed by atoms with van der Waals surface area (Å²) in [6, 6.07) is 10.1. The Balaban J connectivity index is 2.44. The lowest BCUT2D eigenvalue weighted by Gasteiger charge is -2.12. The van der Waals surface area contributed by atoms with Crippen molar-refractivity contribution in [2.75, 3.05) is 12.4 Å². The Morgan fingerprint density at radius 3 is 2.67 bits per heavy atom. The van der Waals surface area contributed by atoms with Crippen LogP contribution in [0.2, 0.25) is 0 Å². The zero-order chi connectivity index (χ0) is 15.4. The fourth-order valence-electron chi connectivity index (χ4n) is 1.84. The summed E-state index contributed by atoms with van der Waals surface area (Å²) < 4.78 is 18.7. The van der Waals surface area contributed by atoms with Crippen molar-refractivity contribution in [3.63, 3.8) is 0 Å². The molecule has 21 heavy (non-hydrogen) atoms. The number of hydrogen-bond acceptors (Lipinski definition) is 4. The van der Waals surface area contributed by atoms with Crippen molar-refractivity contribution in [2.24, 2.45) is 0 Å². The molecule has 2 N–H and O–H groups in total. The van der Waals surface area contributed by atoms with Crippen LogP contribution in [0, 0.1) is 17.1 Å². The first-order chi connectivity index (χ1) is 10.1. The number of phenols is 1. The second-order valence-electron chi connectivity index (χ2n) is 4.08. The minimum Gasteiger partial charge on any atom is -0.507 e. The first-order valence-electron chi connectivity index (χ1n) is 5.94. The number of nitrogens with zero attached hydrogens (tertiary/aromatic N) is 1. The van der Waals surface area contributed by atoms with Gasteiger partial charge in [-0.1, -0.05) is 12.1 Å². The highest BCUT2D eigenvalue weighted by molar-refractivity contribution is 6.07. The maximum absolute atomic E-state index is 13.7. The Bertz CT molecular complexity index is 718. The van der Waals surface area contributed by atoms with Crippen LogP contribution >= 0.6 is 0 Å². The van der Waals surface area contributed by atoms with Gasteiger partial charge >= 0.3 is 0 Å². The number of halogens is 1. The Labute approximate surface area is 120 Å². The Hall–Kier alpha value is -3.07. The molecule has 0 aliphatic rings. The predicted molar refractivity (Wildman–Crippen MR) is 73.7 cm³/mol. The van der Waals surface area contributed by atoms with Gasteiger partial charge in [-0.05, 0) is 24.3 Å². The molecule has 0 aromatic heterocycles. The molecular formula is C15H11FN2O3. The number of aromatic hydroxyl groups is 1. The van der Waals surface area contributed by atoms with E-state index in [0.29, 0.717) is 0 Å². The normalized spacial score (nSPS) is 9.76. The van der Waals surface area contributed by atoms with Gasteiger partial charge in [-0.2, -0.15) is 5.26 Å². The van der Waals surface area contributed by atoms with Gasteiger partial charge in [0, 0.05) is 0 Å². The first kappa shape index (κ1) is 14.3. The van der Waals surface area contributed by atoms with Gasteiger partial charge in [0.15, 0.2) is 0 Å². The van der Waals surface area contributed by atoms with E-state index in [1.165, 1.54) is 25.3 Å². The number of para-hydroxylation sites is 1. The van der Waals surface area contributed by atoms with Crippen LogP contribution in [-0.2, 0) is 0 Å². The topological polar surface area (TPSA) is 82.3 Å². The molecular weight excluding hydrogens is 275 g/mol. The first-order valence-corrected chi connectivity index (χ1v) is 5.94. The summed E-state index contributed by atoms with van der Waals surface area (Å²) >= 11 is 0. The maximum Gasteiger partial charge on any atom is 0.262 e. The third-order valence-corrected chi connectivity index (χ3v) is 2.82. The molecule has 0 aliphatic heterocycles. The summed E-state index contributed by atoms with van der Waals surface area (Å²) in [7, 11) is 1.38. The van der Waals surface area contributed by atoms with Gasteiger partial charge in [-0.15, -0.1) is 0 Å². The van der Waals surface area contributed by atoms with Gasteiger partial charge in [0.25, 0.3) is 5.91 Å². The fourth-order valence-corrected chi connectivity index (χ4v) is 1.84. The van der Waals surface area contributed by atoms with Crippen molar-refractivity contribution in [1.29, 1.82) is 5.26 Å². The van der Waals surface area contributed by atoms with Gasteiger partial charge in [0.05, 0.1) is 12.7 Å². The Morgan fingerprint density at radius 2 is 2.05 bits per heavy atom. The number of nitrogens with one attached hydrogen (secondary N) is 1. The number of phenolic OH excluding ortho intramolecular Hbond substituents is 1. The van der Waals surface area contributed by atoms with E-state index in [1.54, 1.807) is 12.1 Å². The van der Waals surface area contributed by atoms with Crippen LogP contribution in [-0.4, -0.2) is 18.1 Å². The Kier molecular flexibility index (Phi) is 4.05. The minimum atomic E-state index is -0.869. The number of methoxy groups -OCH3 is 1. The molecule has 6 heteroatoms. The van der Waals surface area contributed by atoms with Crippen molar-refractivity contribution >= 4 is 11.6 Å². The van der Waals surface area contributed by atoms with Crippen molar-refractivity contribution in [1.82, 2.24) is 0 Å². The summed E-state index contributed by atoms with van der Waals surface area (Å²) in [4.78, 5) is 12.1. The highest BCUT2D eigenvalue weighted by atomic mass is 19.1. The maximum atomic E-state index is 13.7. The van der Waals surface area contributed by atoms with E-state index >= 15 is 0 Å². The van der Waals surface area contributed by atoms with Crippen molar-refractivity contribution < 1.29 is 19.0 Å². The number of carbonyl (C=O) groups excluding carboxylic acids is 1. The van der Waals surface area contributed by atoms with Gasteiger partial charge in [-0.3, -0.25) is 4.79 Å². The van der Waals surface area contributed by atoms with E-state index in [4.69, 9.17) is 10.00 Å². The minimum absolute atomic E-state index is 0.121. The van der Waals surface area contributed by atoms with Crippen molar-refractivity contribution in [3.8, 4) is 17.6 Å². The standard InChI is InChI=1S/C15H11FN2O3/c1-21-12-7-2-4-9(8-17)14(12)18-15(20)13-10(16)5-3-6-11(13)19/h2-7,19H,1H3,(H,18,20). The highest BCUT2D eigenvalue weighted by Gasteiger charge is 2.19. The quantitative estimate of drug-likeness (QED) is 0.908. The smallest absolute Gasteiger partial charge is 0.262 e. The molecule has 2 rings (SSSR count). The van der Waals surface area contributed by atoms with E-state index in [-0.39, 0.29) is 17.0 Å². The molecule has 106 valence electrons. The summed E-state index contributed by atoms with van der Waals surface area (Å²) in [6.45, 7) is 0. The molecule has 0 radical (unpaired) electrons. The summed E-state index contributed by atoms with van der Waals surface area (Å²) in [5, 5.41) is 21.0. The molecule has 0 atom stereocenters. The summed E-state index contributed by atoms with van der Waals surface area (Å²) in [5.41, 5.74) is -0.207. The van der Waals surface area contributed by atoms with Gasteiger partial charge in [0.2, 0.25) is 0 Å². The van der Waals surface area contributed by atoms with Crippen LogP contribution in [0.5, 0.6) is 11.5 Å². The average molecular weight is 286 g/mol. The third kappa shape index (κ3) is 2.77. The number of benzene rings is 2. The lowest BCUT2D eigenvalue weighted by atomic mass is 10.1. The molecule has 2 aromatic rings. The summed E-state index contributed by atoms with van der Waals surface area (Å²) in [6.07, 6.45) is 0. The van der Waals surface area contributed by atoms with Gasteiger partial charge in [-0.25, -0.2) is 4.39 Å². The molecule has 0 saturated carbocycles. The molecule has 0 bridgehead atoms. The zero-order valence-electron chi connectivity index (χ0n) is 11.1. The third-order valence-electron chi connectivity index (χ3n) is 2.82.